The van der Waals surface area contributed by atoms with Crippen molar-refractivity contribution < 1.29 is 19.4 Å². The molecule has 162 valence electrons. The van der Waals surface area contributed by atoms with Crippen LogP contribution in [0.1, 0.15) is 28.8 Å². The Balaban J connectivity index is 1.51. The van der Waals surface area contributed by atoms with Gasteiger partial charge in [0.15, 0.2) is 5.16 Å². The van der Waals surface area contributed by atoms with Crippen LogP contribution in [0.4, 0.5) is 0 Å². The molecule has 1 aromatic carbocycles. The van der Waals surface area contributed by atoms with Crippen LogP contribution in [0.3, 0.4) is 0 Å². The summed E-state index contributed by atoms with van der Waals surface area (Å²) < 4.78 is 7.60. The van der Waals surface area contributed by atoms with Crippen LogP contribution in [0.2, 0.25) is 0 Å². The molecule has 3 aromatic rings. The van der Waals surface area contributed by atoms with Gasteiger partial charge in [-0.3, -0.25) is 14.2 Å². The number of carboxylic acids is 1. The van der Waals surface area contributed by atoms with Gasteiger partial charge in [-0.1, -0.05) is 23.9 Å². The Morgan fingerprint density at radius 3 is 2.81 bits per heavy atom. The molecule has 1 fully saturated rings. The summed E-state index contributed by atoms with van der Waals surface area (Å²) in [7, 11) is 0. The highest BCUT2D eigenvalue weighted by Crippen LogP contribution is 2.22. The molecule has 1 atom stereocenters. The summed E-state index contributed by atoms with van der Waals surface area (Å²) in [6, 6.07) is 8.15. The summed E-state index contributed by atoms with van der Waals surface area (Å²) in [6.45, 7) is 1.46. The summed E-state index contributed by atoms with van der Waals surface area (Å²) in [5, 5.41) is 14.2. The molecular formula is C21H21N3O5S2. The van der Waals surface area contributed by atoms with E-state index in [1.165, 1.54) is 39.8 Å². The molecule has 10 heteroatoms. The number of thiophene rings is 1. The van der Waals surface area contributed by atoms with E-state index in [1.807, 2.05) is 5.38 Å². The zero-order valence-corrected chi connectivity index (χ0v) is 18.2. The highest BCUT2D eigenvalue weighted by atomic mass is 32.2. The fourth-order valence-corrected chi connectivity index (χ4v) is 4.93. The molecule has 1 amide bonds. The summed E-state index contributed by atoms with van der Waals surface area (Å²) in [5.41, 5.74) is 1.38. The number of benzene rings is 1. The Hall–Kier alpha value is -2.69. The van der Waals surface area contributed by atoms with Crippen LogP contribution in [-0.2, 0) is 16.1 Å². The van der Waals surface area contributed by atoms with Crippen LogP contribution in [0.15, 0.2) is 45.7 Å². The van der Waals surface area contributed by atoms with E-state index in [4.69, 9.17) is 9.84 Å². The van der Waals surface area contributed by atoms with Crippen LogP contribution < -0.4 is 10.9 Å². The van der Waals surface area contributed by atoms with Gasteiger partial charge in [0.05, 0.1) is 29.5 Å². The van der Waals surface area contributed by atoms with Gasteiger partial charge in [-0.05, 0) is 42.0 Å². The second kappa shape index (κ2) is 9.63. The number of amides is 1. The Kier molecular flexibility index (Phi) is 6.69. The highest BCUT2D eigenvalue weighted by molar-refractivity contribution is 7.99. The van der Waals surface area contributed by atoms with E-state index in [0.717, 1.165) is 25.0 Å². The first-order valence-corrected chi connectivity index (χ1v) is 11.7. The Labute approximate surface area is 186 Å². The number of thioether (sulfide) groups is 1. The van der Waals surface area contributed by atoms with E-state index < -0.39 is 5.97 Å². The van der Waals surface area contributed by atoms with Crippen molar-refractivity contribution in [3.63, 3.8) is 0 Å². The predicted octanol–water partition coefficient (Wildman–Crippen LogP) is 2.59. The molecule has 0 radical (unpaired) electrons. The van der Waals surface area contributed by atoms with Crippen molar-refractivity contribution in [1.29, 1.82) is 0 Å². The van der Waals surface area contributed by atoms with E-state index in [0.29, 0.717) is 21.9 Å². The molecule has 31 heavy (non-hydrogen) atoms. The first kappa shape index (κ1) is 21.5. The summed E-state index contributed by atoms with van der Waals surface area (Å²) in [5.74, 6) is -1.01. The van der Waals surface area contributed by atoms with Gasteiger partial charge in [-0.15, -0.1) is 11.3 Å². The van der Waals surface area contributed by atoms with Gasteiger partial charge in [0.25, 0.3) is 5.56 Å². The average Bonchev–Trinajstić information content (AvgIpc) is 3.45. The van der Waals surface area contributed by atoms with Crippen LogP contribution in [-0.4, -0.2) is 51.5 Å². The number of carbonyl (C=O) groups excluding carboxylic acids is 1. The number of aromatic carboxylic acids is 1. The topological polar surface area (TPSA) is 111 Å². The molecule has 0 saturated carbocycles. The van der Waals surface area contributed by atoms with Crippen molar-refractivity contribution in [2.75, 3.05) is 18.9 Å². The lowest BCUT2D eigenvalue weighted by molar-refractivity contribution is -0.119. The minimum Gasteiger partial charge on any atom is -0.478 e. The maximum absolute atomic E-state index is 13.0. The molecule has 3 heterocycles. The van der Waals surface area contributed by atoms with Crippen molar-refractivity contribution in [2.45, 2.75) is 30.6 Å². The molecule has 0 spiro atoms. The zero-order chi connectivity index (χ0) is 21.8. The van der Waals surface area contributed by atoms with Gasteiger partial charge >= 0.3 is 5.97 Å². The lowest BCUT2D eigenvalue weighted by atomic mass is 10.1. The number of ether oxygens (including phenoxy) is 1. The molecule has 1 saturated heterocycles. The van der Waals surface area contributed by atoms with Crippen LogP contribution >= 0.6 is 23.1 Å². The molecule has 0 aliphatic carbocycles. The number of rotatable bonds is 8. The quantitative estimate of drug-likeness (QED) is 0.393. The van der Waals surface area contributed by atoms with Gasteiger partial charge in [0.1, 0.15) is 4.70 Å². The van der Waals surface area contributed by atoms with Gasteiger partial charge in [0, 0.05) is 13.2 Å². The van der Waals surface area contributed by atoms with Crippen LogP contribution in [0, 0.1) is 0 Å². The van der Waals surface area contributed by atoms with Gasteiger partial charge < -0.3 is 15.2 Å². The zero-order valence-electron chi connectivity index (χ0n) is 16.6. The van der Waals surface area contributed by atoms with Crippen molar-refractivity contribution in [3.8, 4) is 0 Å². The number of hydrogen-bond donors (Lipinski definition) is 2. The molecule has 2 aromatic heterocycles. The normalized spacial score (nSPS) is 15.9. The standard InChI is InChI=1S/C21H21N3O5S2/c25-17(22-10-15-2-1-8-29-15)12-31-21-23-16-7-9-30-18(16)19(26)24(21)11-13-3-5-14(6-4-13)20(27)28/h3-7,9,15H,1-2,8,10-12H2,(H,22,25)(H,27,28)/t15-/m1/s1. The van der Waals surface area contributed by atoms with E-state index in [1.54, 1.807) is 18.2 Å². The second-order valence-electron chi connectivity index (χ2n) is 7.15. The van der Waals surface area contributed by atoms with Crippen molar-refractivity contribution in [2.24, 2.45) is 0 Å². The van der Waals surface area contributed by atoms with Gasteiger partial charge in [-0.25, -0.2) is 9.78 Å². The second-order valence-corrected chi connectivity index (χ2v) is 9.01. The molecule has 1 aliphatic rings. The predicted molar refractivity (Wildman–Crippen MR) is 119 cm³/mol. The van der Waals surface area contributed by atoms with Gasteiger partial charge in [0.2, 0.25) is 5.91 Å². The number of fused-ring (bicyclic) bond motifs is 1. The number of carboxylic acid groups (broad SMARTS) is 1. The minimum atomic E-state index is -1.00. The number of hydrogen-bond acceptors (Lipinski definition) is 7. The Morgan fingerprint density at radius 1 is 1.29 bits per heavy atom. The average molecular weight is 460 g/mol. The molecule has 2 N–H and O–H groups in total. The van der Waals surface area contributed by atoms with Crippen molar-refractivity contribution in [1.82, 2.24) is 14.9 Å². The Morgan fingerprint density at radius 2 is 2.10 bits per heavy atom. The maximum atomic E-state index is 13.0. The monoisotopic (exact) mass is 459 g/mol. The molecular weight excluding hydrogens is 438 g/mol. The first-order chi connectivity index (χ1) is 15.0. The third kappa shape index (κ3) is 5.15. The minimum absolute atomic E-state index is 0.0705. The third-order valence-electron chi connectivity index (χ3n) is 4.96. The molecule has 0 bridgehead atoms. The van der Waals surface area contributed by atoms with E-state index in [-0.39, 0.29) is 35.4 Å². The molecule has 4 rings (SSSR count). The van der Waals surface area contributed by atoms with Crippen molar-refractivity contribution >= 4 is 45.2 Å². The lowest BCUT2D eigenvalue weighted by Gasteiger charge is -2.13. The largest absolute Gasteiger partial charge is 0.478 e. The van der Waals surface area contributed by atoms with Gasteiger partial charge in [-0.2, -0.15) is 0 Å². The van der Waals surface area contributed by atoms with E-state index in [9.17, 15) is 14.4 Å². The van der Waals surface area contributed by atoms with Crippen LogP contribution in [0.25, 0.3) is 10.2 Å². The number of nitrogens with zero attached hydrogens (tertiary/aromatic N) is 2. The number of nitrogens with one attached hydrogen (secondary N) is 1. The molecule has 1 aliphatic heterocycles. The number of carbonyl (C=O) groups is 2. The SMILES string of the molecule is O=C(CSc1nc2ccsc2c(=O)n1Cc1ccc(C(=O)O)cc1)NC[C@H]1CCCO1. The first-order valence-electron chi connectivity index (χ1n) is 9.82. The van der Waals surface area contributed by atoms with E-state index >= 15 is 0 Å². The molecule has 0 unspecified atom stereocenters. The fourth-order valence-electron chi connectivity index (χ4n) is 3.32. The third-order valence-corrected chi connectivity index (χ3v) is 6.82. The summed E-state index contributed by atoms with van der Waals surface area (Å²) in [6.07, 6.45) is 2.03. The maximum Gasteiger partial charge on any atom is 0.335 e. The summed E-state index contributed by atoms with van der Waals surface area (Å²) >= 11 is 2.53. The highest BCUT2D eigenvalue weighted by Gasteiger charge is 2.18. The summed E-state index contributed by atoms with van der Waals surface area (Å²) in [4.78, 5) is 41.0. The van der Waals surface area contributed by atoms with Crippen LogP contribution in [0.5, 0.6) is 0 Å². The smallest absolute Gasteiger partial charge is 0.335 e. The fraction of sp³-hybridized carbons (Fsp3) is 0.333. The lowest BCUT2D eigenvalue weighted by Crippen LogP contribution is -2.33. The molecule has 8 nitrogen and oxygen atoms in total. The Bertz CT molecular complexity index is 1150. The van der Waals surface area contributed by atoms with E-state index in [2.05, 4.69) is 10.3 Å². The number of aromatic nitrogens is 2. The van der Waals surface area contributed by atoms with Crippen molar-refractivity contribution in [3.05, 3.63) is 57.2 Å².